The van der Waals surface area contributed by atoms with E-state index in [1.165, 1.54) is 27.8 Å². The van der Waals surface area contributed by atoms with Crippen LogP contribution < -0.4 is 4.74 Å². The summed E-state index contributed by atoms with van der Waals surface area (Å²) in [5.74, 6) is 1.78. The Morgan fingerprint density at radius 2 is 1.46 bits per heavy atom. The van der Waals surface area contributed by atoms with E-state index in [4.69, 9.17) is 4.74 Å². The van der Waals surface area contributed by atoms with Gasteiger partial charge in [-0.3, -0.25) is 4.79 Å². The average molecular weight is 554 g/mol. The molecule has 0 amide bonds. The monoisotopic (exact) mass is 552 g/mol. The molecule has 4 aromatic carbocycles. The van der Waals surface area contributed by atoms with E-state index < -0.39 is 0 Å². The van der Waals surface area contributed by atoms with Crippen LogP contribution >= 0.6 is 15.9 Å². The summed E-state index contributed by atoms with van der Waals surface area (Å²) in [4.78, 5) is 10.9. The third-order valence-electron chi connectivity index (χ3n) is 7.74. The van der Waals surface area contributed by atoms with Crippen LogP contribution in [-0.2, 0) is 5.41 Å². The van der Waals surface area contributed by atoms with Crippen LogP contribution in [0.5, 0.6) is 5.75 Å². The van der Waals surface area contributed by atoms with Gasteiger partial charge in [-0.1, -0.05) is 96.9 Å². The molecule has 0 aliphatic heterocycles. The number of rotatable bonds is 10. The van der Waals surface area contributed by atoms with E-state index in [1.807, 2.05) is 12.1 Å². The predicted molar refractivity (Wildman–Crippen MR) is 155 cm³/mol. The zero-order chi connectivity index (χ0) is 25.8. The molecular weight excluding hydrogens is 520 g/mol. The standard InChI is InChI=1S/C34H33BrO2/c1-24(12-13-25(2)23-37-29-17-14-26(22-36)15-18-29)21-34(27-8-4-3-5-9-27)32-11-7-6-10-30(32)31-19-16-28(35)20-33(31)34/h3-11,14-20,22,24-25H,12-13,21,23H2,1-2H3. The first-order valence-corrected chi connectivity index (χ1v) is 13.9. The maximum Gasteiger partial charge on any atom is 0.150 e. The molecule has 2 nitrogen and oxygen atoms in total. The smallest absolute Gasteiger partial charge is 0.150 e. The summed E-state index contributed by atoms with van der Waals surface area (Å²) in [7, 11) is 0. The maximum absolute atomic E-state index is 10.9. The van der Waals surface area contributed by atoms with Crippen LogP contribution in [0.3, 0.4) is 0 Å². The number of carbonyl (C=O) groups is 1. The summed E-state index contributed by atoms with van der Waals surface area (Å²) in [5.41, 5.74) is 7.37. The summed E-state index contributed by atoms with van der Waals surface area (Å²) in [6.45, 7) is 5.33. The Hall–Kier alpha value is -3.17. The van der Waals surface area contributed by atoms with Gasteiger partial charge in [0.25, 0.3) is 0 Å². The number of ether oxygens (including phenoxy) is 1. The fourth-order valence-corrected chi connectivity index (χ4v) is 6.23. The van der Waals surface area contributed by atoms with Crippen LogP contribution in [0.25, 0.3) is 11.1 Å². The first-order valence-electron chi connectivity index (χ1n) is 13.1. The van der Waals surface area contributed by atoms with Gasteiger partial charge >= 0.3 is 0 Å². The van der Waals surface area contributed by atoms with Crippen molar-refractivity contribution in [2.24, 2.45) is 11.8 Å². The molecule has 1 aliphatic rings. The van der Waals surface area contributed by atoms with Crippen LogP contribution in [0.2, 0.25) is 0 Å². The van der Waals surface area contributed by atoms with Gasteiger partial charge in [0, 0.05) is 15.5 Å². The van der Waals surface area contributed by atoms with Crippen molar-refractivity contribution in [1.29, 1.82) is 0 Å². The first-order chi connectivity index (χ1) is 18.0. The number of carbonyl (C=O) groups excluding carboxylic acids is 1. The second kappa shape index (κ2) is 11.1. The van der Waals surface area contributed by atoms with Crippen molar-refractivity contribution in [3.05, 3.63) is 124 Å². The maximum atomic E-state index is 10.9. The highest BCUT2D eigenvalue weighted by Crippen LogP contribution is 2.56. The lowest BCUT2D eigenvalue weighted by atomic mass is 9.67. The highest BCUT2D eigenvalue weighted by Gasteiger charge is 2.45. The quantitative estimate of drug-likeness (QED) is 0.183. The SMILES string of the molecule is CC(CCC(C)CC1(c2ccccc2)c2ccccc2-c2ccc(Br)cc21)COc1ccc(C=O)cc1. The van der Waals surface area contributed by atoms with Gasteiger partial charge in [0.05, 0.1) is 6.61 Å². The highest BCUT2D eigenvalue weighted by molar-refractivity contribution is 9.10. The van der Waals surface area contributed by atoms with E-state index in [-0.39, 0.29) is 5.41 Å². The number of benzene rings is 4. The average Bonchev–Trinajstić information content (AvgIpc) is 3.21. The van der Waals surface area contributed by atoms with Gasteiger partial charge in [-0.2, -0.15) is 0 Å². The molecule has 0 radical (unpaired) electrons. The van der Waals surface area contributed by atoms with Crippen LogP contribution in [-0.4, -0.2) is 12.9 Å². The largest absolute Gasteiger partial charge is 0.493 e. The molecule has 188 valence electrons. The Bertz CT molecular complexity index is 1360. The molecule has 0 aromatic heterocycles. The molecule has 0 N–H and O–H groups in total. The molecule has 0 saturated heterocycles. The van der Waals surface area contributed by atoms with Gasteiger partial charge in [-0.15, -0.1) is 0 Å². The zero-order valence-electron chi connectivity index (χ0n) is 21.5. The van der Waals surface area contributed by atoms with Crippen LogP contribution in [0.4, 0.5) is 0 Å². The Morgan fingerprint density at radius 1 is 0.784 bits per heavy atom. The van der Waals surface area contributed by atoms with Crippen molar-refractivity contribution in [3.8, 4) is 16.9 Å². The molecule has 0 spiro atoms. The molecular formula is C34H33BrO2. The van der Waals surface area contributed by atoms with Gasteiger partial charge in [-0.05, 0) is 88.9 Å². The van der Waals surface area contributed by atoms with Gasteiger partial charge in [0.15, 0.2) is 0 Å². The van der Waals surface area contributed by atoms with Crippen molar-refractivity contribution in [1.82, 2.24) is 0 Å². The molecule has 3 unspecified atom stereocenters. The second-order valence-corrected chi connectivity index (χ2v) is 11.4. The van der Waals surface area contributed by atoms with E-state index in [1.54, 1.807) is 12.1 Å². The van der Waals surface area contributed by atoms with E-state index in [2.05, 4.69) is 103 Å². The van der Waals surface area contributed by atoms with Crippen molar-refractivity contribution in [2.45, 2.75) is 38.5 Å². The zero-order valence-corrected chi connectivity index (χ0v) is 23.1. The summed E-state index contributed by atoms with van der Waals surface area (Å²) in [6.07, 6.45) is 4.15. The number of halogens is 1. The number of fused-ring (bicyclic) bond motifs is 3. The molecule has 5 rings (SSSR count). The predicted octanol–water partition coefficient (Wildman–Crippen LogP) is 9.10. The molecule has 3 heteroatoms. The van der Waals surface area contributed by atoms with Gasteiger partial charge in [-0.25, -0.2) is 0 Å². The van der Waals surface area contributed by atoms with Crippen molar-refractivity contribution < 1.29 is 9.53 Å². The minimum atomic E-state index is -0.170. The Morgan fingerprint density at radius 3 is 2.22 bits per heavy atom. The molecule has 0 bridgehead atoms. The second-order valence-electron chi connectivity index (χ2n) is 10.5. The molecule has 0 saturated carbocycles. The van der Waals surface area contributed by atoms with Crippen molar-refractivity contribution in [2.75, 3.05) is 6.61 Å². The lowest BCUT2D eigenvalue weighted by Crippen LogP contribution is -2.29. The molecule has 4 aromatic rings. The normalized spacial score (nSPS) is 17.5. The van der Waals surface area contributed by atoms with E-state index in [9.17, 15) is 4.79 Å². The Labute approximate surface area is 228 Å². The van der Waals surface area contributed by atoms with Gasteiger partial charge in [0.2, 0.25) is 0 Å². The fraction of sp³-hybridized carbons (Fsp3) is 0.265. The first kappa shape index (κ1) is 25.5. The molecule has 0 fully saturated rings. The summed E-state index contributed by atoms with van der Waals surface area (Å²) in [6, 6.07) is 34.1. The van der Waals surface area contributed by atoms with Crippen LogP contribution in [0, 0.1) is 11.8 Å². The molecule has 37 heavy (non-hydrogen) atoms. The molecule has 0 heterocycles. The van der Waals surface area contributed by atoms with Gasteiger partial charge in [0.1, 0.15) is 12.0 Å². The highest BCUT2D eigenvalue weighted by atomic mass is 79.9. The number of hydrogen-bond acceptors (Lipinski definition) is 2. The lowest BCUT2D eigenvalue weighted by molar-refractivity contribution is 0.112. The number of aldehydes is 1. The molecule has 3 atom stereocenters. The topological polar surface area (TPSA) is 26.3 Å². The Kier molecular flexibility index (Phi) is 7.62. The summed E-state index contributed by atoms with van der Waals surface area (Å²) >= 11 is 3.76. The number of hydrogen-bond donors (Lipinski definition) is 0. The van der Waals surface area contributed by atoms with E-state index in [0.29, 0.717) is 24.0 Å². The van der Waals surface area contributed by atoms with E-state index >= 15 is 0 Å². The van der Waals surface area contributed by atoms with Crippen molar-refractivity contribution >= 4 is 22.2 Å². The van der Waals surface area contributed by atoms with Crippen molar-refractivity contribution in [3.63, 3.8) is 0 Å². The molecule has 1 aliphatic carbocycles. The minimum Gasteiger partial charge on any atom is -0.493 e. The van der Waals surface area contributed by atoms with Gasteiger partial charge < -0.3 is 4.74 Å². The lowest BCUT2D eigenvalue weighted by Gasteiger charge is -2.36. The van der Waals surface area contributed by atoms with Crippen LogP contribution in [0.1, 0.15) is 60.2 Å². The minimum absolute atomic E-state index is 0.170. The summed E-state index contributed by atoms with van der Waals surface area (Å²) < 4.78 is 7.13. The van der Waals surface area contributed by atoms with Crippen LogP contribution in [0.15, 0.2) is 102 Å². The third-order valence-corrected chi connectivity index (χ3v) is 8.24. The Balaban J connectivity index is 1.36. The third kappa shape index (κ3) is 5.15. The summed E-state index contributed by atoms with van der Waals surface area (Å²) in [5, 5.41) is 0. The fourth-order valence-electron chi connectivity index (χ4n) is 5.87. The van der Waals surface area contributed by atoms with E-state index in [0.717, 1.165) is 35.8 Å².